The van der Waals surface area contributed by atoms with Crippen molar-refractivity contribution in [1.82, 2.24) is 25.3 Å². The minimum absolute atomic E-state index is 0.00950. The average Bonchev–Trinajstić information content (AvgIpc) is 4.15. The molecule has 0 saturated carbocycles. The summed E-state index contributed by atoms with van der Waals surface area (Å²) in [4.78, 5) is 123. The van der Waals surface area contributed by atoms with Gasteiger partial charge in [0.05, 0.1) is 10.3 Å². The third kappa shape index (κ3) is 13.4. The Morgan fingerprint density at radius 3 is 2.38 bits per heavy atom. The monoisotopic (exact) mass is 1180 g/mol. The predicted octanol–water partition coefficient (Wildman–Crippen LogP) is 8.07. The zero-order chi connectivity index (χ0) is 57.1. The van der Waals surface area contributed by atoms with E-state index in [1.807, 2.05) is 6.07 Å². The summed E-state index contributed by atoms with van der Waals surface area (Å²) in [5.74, 6) is 2.46. The van der Waals surface area contributed by atoms with Crippen LogP contribution in [0, 0.1) is 22.7 Å². The SMILES string of the molecule is CN(CCCC#Cc1cccc2c1CN(C1CCC(=O)NC1=O)C2=O)C(=O)CCN(C(=O)[C@@H]1CCCN1C(=O)C(NC(=O)c1cc2cc(C(F)(F)P(=O)(O)OCOC(=O)C(C)(C)C)ccc2s1)C(C)(C)C)c1ccc(Br)cc1. The fourth-order valence-corrected chi connectivity index (χ4v) is 11.2. The molecular weight excluding hydrogens is 1120 g/mol. The summed E-state index contributed by atoms with van der Waals surface area (Å²) in [6.07, 6.45) is 2.10. The van der Waals surface area contributed by atoms with Crippen molar-refractivity contribution in [2.24, 2.45) is 10.8 Å². The van der Waals surface area contributed by atoms with Gasteiger partial charge >= 0.3 is 19.2 Å². The van der Waals surface area contributed by atoms with Crippen LogP contribution in [0.3, 0.4) is 0 Å². The van der Waals surface area contributed by atoms with Gasteiger partial charge in [-0.1, -0.05) is 60.7 Å². The number of hydrogen-bond donors (Lipinski definition) is 3. The highest BCUT2D eigenvalue weighted by molar-refractivity contribution is 9.10. The van der Waals surface area contributed by atoms with E-state index in [1.54, 1.807) is 69.1 Å². The molecule has 7 rings (SSSR count). The molecule has 4 aromatic rings. The quantitative estimate of drug-likeness (QED) is 0.0228. The van der Waals surface area contributed by atoms with E-state index in [-0.39, 0.29) is 66.9 Å². The van der Waals surface area contributed by atoms with Crippen LogP contribution in [0.1, 0.15) is 123 Å². The Balaban J connectivity index is 0.975. The number of benzene rings is 3. The number of anilines is 1. The fourth-order valence-electron chi connectivity index (χ4n) is 9.21. The Kier molecular flexibility index (Phi) is 18.2. The van der Waals surface area contributed by atoms with E-state index in [9.17, 15) is 47.8 Å². The molecule has 4 heterocycles. The number of amides is 7. The molecule has 0 aliphatic carbocycles. The van der Waals surface area contributed by atoms with Crippen LogP contribution in [0.4, 0.5) is 14.5 Å². The van der Waals surface area contributed by atoms with Gasteiger partial charge in [0.15, 0.2) is 0 Å². The van der Waals surface area contributed by atoms with Crippen molar-refractivity contribution in [2.45, 2.75) is 117 Å². The zero-order valence-electron chi connectivity index (χ0n) is 44.3. The fraction of sp³-hybridized carbons (Fsp3) is 0.455. The van der Waals surface area contributed by atoms with Crippen molar-refractivity contribution in [1.29, 1.82) is 0 Å². The van der Waals surface area contributed by atoms with Gasteiger partial charge in [-0.15, -0.1) is 11.3 Å². The molecule has 3 aliphatic rings. The molecule has 3 aliphatic heterocycles. The van der Waals surface area contributed by atoms with Gasteiger partial charge in [-0.2, -0.15) is 8.78 Å². The Morgan fingerprint density at radius 1 is 0.987 bits per heavy atom. The minimum Gasteiger partial charge on any atom is -0.438 e. The van der Waals surface area contributed by atoms with Crippen molar-refractivity contribution >= 4 is 98.0 Å². The van der Waals surface area contributed by atoms with Gasteiger partial charge in [-0.3, -0.25) is 52.8 Å². The van der Waals surface area contributed by atoms with Crippen molar-refractivity contribution in [2.75, 3.05) is 38.4 Å². The topological polar surface area (TPSA) is 229 Å². The number of imide groups is 1. The molecule has 0 radical (unpaired) electrons. The second kappa shape index (κ2) is 23.9. The lowest BCUT2D eigenvalue weighted by atomic mass is 9.85. The number of esters is 1. The van der Waals surface area contributed by atoms with Gasteiger partial charge in [-0.05, 0) is 117 Å². The first-order chi connectivity index (χ1) is 36.6. The van der Waals surface area contributed by atoms with Crippen molar-refractivity contribution < 1.29 is 65.9 Å². The number of alkyl halides is 2. The number of ether oxygens (including phenoxy) is 1. The number of hydrogen-bond acceptors (Lipinski definition) is 12. The van der Waals surface area contributed by atoms with E-state index in [1.165, 1.54) is 47.6 Å². The van der Waals surface area contributed by atoms with E-state index in [0.717, 1.165) is 27.9 Å². The van der Waals surface area contributed by atoms with Gasteiger partial charge in [0.25, 0.3) is 11.8 Å². The van der Waals surface area contributed by atoms with E-state index in [0.29, 0.717) is 59.3 Å². The van der Waals surface area contributed by atoms with Gasteiger partial charge in [-0.25, -0.2) is 0 Å². The number of likely N-dealkylation sites (tertiary alicyclic amines) is 1. The number of halogens is 3. The Morgan fingerprint density at radius 2 is 1.71 bits per heavy atom. The molecule has 23 heteroatoms. The van der Waals surface area contributed by atoms with Crippen LogP contribution in [-0.4, -0.2) is 119 Å². The van der Waals surface area contributed by atoms with E-state index >= 15 is 8.78 Å². The smallest absolute Gasteiger partial charge is 0.404 e. The molecule has 7 amide bonds. The number of carbonyl (C=O) groups excluding carboxylic acids is 8. The lowest BCUT2D eigenvalue weighted by Crippen LogP contribution is -2.58. The molecular formula is C55H62BrF2N6O12PS. The Bertz CT molecular complexity index is 3150. The highest BCUT2D eigenvalue weighted by Crippen LogP contribution is 2.63. The van der Waals surface area contributed by atoms with Crippen LogP contribution in [0.25, 0.3) is 10.1 Å². The van der Waals surface area contributed by atoms with Crippen LogP contribution in [0.2, 0.25) is 0 Å². The number of nitrogens with one attached hydrogen (secondary N) is 2. The molecule has 2 saturated heterocycles. The molecule has 18 nitrogen and oxygen atoms in total. The maximum Gasteiger partial charge on any atom is 0.404 e. The van der Waals surface area contributed by atoms with E-state index < -0.39 is 84.2 Å². The number of nitrogens with zero attached hydrogens (tertiary/aromatic N) is 4. The maximum atomic E-state index is 15.5. The van der Waals surface area contributed by atoms with Gasteiger partial charge in [0, 0.05) is 84.0 Å². The van der Waals surface area contributed by atoms with Crippen molar-refractivity contribution in [3.05, 3.63) is 98.3 Å². The normalized spacial score (nSPS) is 17.9. The molecule has 3 unspecified atom stereocenters. The molecule has 416 valence electrons. The molecule has 3 aromatic carbocycles. The summed E-state index contributed by atoms with van der Waals surface area (Å²) in [7, 11) is -4.08. The second-order valence-electron chi connectivity index (χ2n) is 21.5. The first-order valence-corrected chi connectivity index (χ1v) is 28.5. The van der Waals surface area contributed by atoms with Crippen LogP contribution in [0.15, 0.2) is 71.2 Å². The third-order valence-electron chi connectivity index (χ3n) is 13.7. The number of rotatable bonds is 17. The summed E-state index contributed by atoms with van der Waals surface area (Å²) in [5.41, 5.74) is -4.89. The van der Waals surface area contributed by atoms with Crippen molar-refractivity contribution in [3.63, 3.8) is 0 Å². The van der Waals surface area contributed by atoms with Gasteiger partial charge in [0.2, 0.25) is 36.3 Å². The summed E-state index contributed by atoms with van der Waals surface area (Å²) >= 11 is 4.39. The number of carbonyl (C=O) groups is 8. The van der Waals surface area contributed by atoms with Gasteiger partial charge in [0.1, 0.15) is 18.1 Å². The van der Waals surface area contributed by atoms with Crippen molar-refractivity contribution in [3.8, 4) is 11.8 Å². The van der Waals surface area contributed by atoms with E-state index in [2.05, 4.69) is 42.9 Å². The average molecular weight is 1180 g/mol. The Hall–Kier alpha value is -6.37. The summed E-state index contributed by atoms with van der Waals surface area (Å²) < 4.78 is 54.2. The molecule has 1 aromatic heterocycles. The molecule has 0 bridgehead atoms. The second-order valence-corrected chi connectivity index (χ2v) is 25.3. The minimum atomic E-state index is -5.75. The molecule has 78 heavy (non-hydrogen) atoms. The summed E-state index contributed by atoms with van der Waals surface area (Å²) in [6.45, 7) is 9.35. The van der Waals surface area contributed by atoms with Gasteiger partial charge < -0.3 is 34.5 Å². The molecule has 4 atom stereocenters. The summed E-state index contributed by atoms with van der Waals surface area (Å²) in [6, 6.07) is 13.8. The van der Waals surface area contributed by atoms with Crippen LogP contribution in [-0.2, 0) is 54.8 Å². The van der Waals surface area contributed by atoms with Crippen LogP contribution < -0.4 is 15.5 Å². The number of thiophene rings is 1. The highest BCUT2D eigenvalue weighted by Gasteiger charge is 2.53. The largest absolute Gasteiger partial charge is 0.438 e. The lowest BCUT2D eigenvalue weighted by Gasteiger charge is -2.36. The standard InChI is InChI=1S/C55H62BrF2N6O12PS/c1-53(2,3)46(60-48(68)43-30-34-29-35(17-23-42(34)78-43)55(57,58)77(73,74)76-32-75-52(72)54(4,5)6)51(71)63-27-12-16-41(63)50(70)62(37-20-18-36(56)19-21-37)28-25-45(66)61(7)26-10-8-9-13-33-14-11-15-38-39(33)31-64(49(38)69)40-22-24-44(65)59-47(40)67/h11,14-15,17-21,23,29-30,40-41,46H,8,10,12,16,22,24-28,31-32H2,1-7H3,(H,60,68)(H,73,74)(H,59,65,67)/t40?,41-,46?/m0/s1. The van der Waals surface area contributed by atoms with E-state index in [4.69, 9.17) is 4.74 Å². The predicted molar refractivity (Wildman–Crippen MR) is 290 cm³/mol. The third-order valence-corrected chi connectivity index (χ3v) is 16.7. The Labute approximate surface area is 463 Å². The zero-order valence-corrected chi connectivity index (χ0v) is 47.6. The maximum absolute atomic E-state index is 15.5. The van der Waals surface area contributed by atoms with Crippen LogP contribution in [0.5, 0.6) is 0 Å². The first kappa shape index (κ1) is 59.3. The highest BCUT2D eigenvalue weighted by atomic mass is 79.9. The molecule has 3 N–H and O–H groups in total. The molecule has 2 fully saturated rings. The number of unbranched alkanes of at least 4 members (excludes halogenated alkanes) is 1. The van der Waals surface area contributed by atoms with Crippen LogP contribution >= 0.6 is 34.9 Å². The lowest BCUT2D eigenvalue weighted by molar-refractivity contribution is -0.160. The first-order valence-electron chi connectivity index (χ1n) is 25.3. The molecule has 0 spiro atoms. The number of fused-ring (bicyclic) bond motifs is 2. The number of piperidine rings is 1. The summed E-state index contributed by atoms with van der Waals surface area (Å²) in [5, 5.41) is 5.28.